The summed E-state index contributed by atoms with van der Waals surface area (Å²) in [5.74, 6) is -1.41. The lowest BCUT2D eigenvalue weighted by molar-refractivity contribution is -0.384. The van der Waals surface area contributed by atoms with Crippen molar-refractivity contribution < 1.29 is 23.2 Å². The van der Waals surface area contributed by atoms with Gasteiger partial charge in [-0.15, -0.1) is 0 Å². The summed E-state index contributed by atoms with van der Waals surface area (Å²) < 4.78 is 27.8. The van der Waals surface area contributed by atoms with E-state index >= 15 is 0 Å². The average Bonchev–Trinajstić information content (AvgIpc) is 3.07. The minimum Gasteiger partial charge on any atom is -0.476 e. The molecule has 3 aromatic rings. The molecule has 0 unspecified atom stereocenters. The molecule has 0 atom stereocenters. The summed E-state index contributed by atoms with van der Waals surface area (Å²) in [7, 11) is -2.73. The molecule has 28 heavy (non-hydrogen) atoms. The van der Waals surface area contributed by atoms with Gasteiger partial charge in [0.05, 0.1) is 15.5 Å². The first kappa shape index (κ1) is 17.7. The van der Waals surface area contributed by atoms with Crippen LogP contribution in [0.4, 0.5) is 11.4 Å². The normalized spacial score (nSPS) is 14.2. The summed E-state index contributed by atoms with van der Waals surface area (Å²) in [4.78, 5) is 22.3. The highest BCUT2D eigenvalue weighted by Crippen LogP contribution is 2.45. The van der Waals surface area contributed by atoms with Crippen LogP contribution in [-0.4, -0.2) is 41.2 Å². The Morgan fingerprint density at radius 3 is 2.57 bits per heavy atom. The first-order valence-electron chi connectivity index (χ1n) is 7.93. The van der Waals surface area contributed by atoms with E-state index in [4.69, 9.17) is 0 Å². The van der Waals surface area contributed by atoms with Gasteiger partial charge in [0.2, 0.25) is 0 Å². The Kier molecular flexibility index (Phi) is 3.72. The molecule has 0 amide bonds. The Morgan fingerprint density at radius 1 is 1.18 bits per heavy atom. The highest BCUT2D eigenvalue weighted by Gasteiger charge is 2.39. The zero-order valence-electron chi connectivity index (χ0n) is 14.3. The third-order valence-electron chi connectivity index (χ3n) is 4.44. The minimum absolute atomic E-state index is 0.00600. The number of nitro groups is 1. The lowest BCUT2D eigenvalue weighted by Gasteiger charge is -2.27. The molecule has 11 heteroatoms. The second kappa shape index (κ2) is 5.89. The summed E-state index contributed by atoms with van der Waals surface area (Å²) in [6, 6.07) is 11.6. The minimum atomic E-state index is -3.97. The largest absolute Gasteiger partial charge is 0.476 e. The van der Waals surface area contributed by atoms with Crippen molar-refractivity contribution in [3.63, 3.8) is 0 Å². The Balaban J connectivity index is 2.12. The van der Waals surface area contributed by atoms with Crippen molar-refractivity contribution in [2.24, 2.45) is 0 Å². The molecule has 2 heterocycles. The Labute approximate surface area is 158 Å². The molecule has 0 aliphatic carbocycles. The number of nitrogens with zero attached hydrogens (tertiary/aromatic N) is 4. The monoisotopic (exact) mass is 400 g/mol. The molecule has 1 aromatic heterocycles. The standard InChI is InChI=1S/C17H12N4O6S/c1-19-16-14(17(22)23)18-20(10-5-4-6-11(9-10)21(24)25)15(16)12-7-2-3-8-13(12)28(19,26)27/h2-9H,1H3,(H,22,23). The third kappa shape index (κ3) is 2.36. The topological polar surface area (TPSA) is 136 Å². The van der Waals surface area contributed by atoms with Crippen LogP contribution in [0.5, 0.6) is 0 Å². The number of hydrogen-bond donors (Lipinski definition) is 1. The van der Waals surface area contributed by atoms with Crippen molar-refractivity contribution in [2.75, 3.05) is 11.4 Å². The lowest BCUT2D eigenvalue weighted by Crippen LogP contribution is -2.31. The van der Waals surface area contributed by atoms with Crippen LogP contribution in [-0.2, 0) is 10.0 Å². The molecule has 0 radical (unpaired) electrons. The molecule has 10 nitrogen and oxygen atoms in total. The van der Waals surface area contributed by atoms with E-state index < -0.39 is 26.6 Å². The maximum absolute atomic E-state index is 12.8. The van der Waals surface area contributed by atoms with Crippen LogP contribution in [0.2, 0.25) is 0 Å². The van der Waals surface area contributed by atoms with E-state index in [-0.39, 0.29) is 33.2 Å². The molecule has 0 bridgehead atoms. The molecule has 142 valence electrons. The van der Waals surface area contributed by atoms with Gasteiger partial charge in [0.25, 0.3) is 15.7 Å². The van der Waals surface area contributed by atoms with E-state index in [0.29, 0.717) is 0 Å². The fraction of sp³-hybridized carbons (Fsp3) is 0.0588. The fourth-order valence-corrected chi connectivity index (χ4v) is 4.58. The van der Waals surface area contributed by atoms with Gasteiger partial charge in [-0.05, 0) is 12.1 Å². The first-order chi connectivity index (χ1) is 13.2. The molecule has 0 saturated carbocycles. The number of carbonyl (C=O) groups is 1. The van der Waals surface area contributed by atoms with Gasteiger partial charge in [0.15, 0.2) is 5.69 Å². The SMILES string of the molecule is CN1c2c(C(=O)O)nn(-c3cccc([N+](=O)[O-])c3)c2-c2ccccc2S1(=O)=O. The van der Waals surface area contributed by atoms with Crippen molar-refractivity contribution in [3.05, 3.63) is 64.3 Å². The average molecular weight is 400 g/mol. The van der Waals surface area contributed by atoms with Gasteiger partial charge in [0.1, 0.15) is 11.4 Å². The Bertz CT molecular complexity index is 1260. The van der Waals surface area contributed by atoms with Crippen molar-refractivity contribution in [3.8, 4) is 16.9 Å². The van der Waals surface area contributed by atoms with Crippen LogP contribution in [0, 0.1) is 10.1 Å². The predicted octanol–water partition coefficient (Wildman–Crippen LogP) is 2.28. The van der Waals surface area contributed by atoms with Gasteiger partial charge < -0.3 is 5.11 Å². The molecule has 1 aliphatic heterocycles. The number of non-ortho nitro benzene ring substituents is 1. The maximum Gasteiger partial charge on any atom is 0.358 e. The maximum atomic E-state index is 12.8. The quantitative estimate of drug-likeness (QED) is 0.526. The molecular formula is C17H12N4O6S. The lowest BCUT2D eigenvalue weighted by atomic mass is 10.1. The summed E-state index contributed by atoms with van der Waals surface area (Å²) in [6.07, 6.45) is 0. The highest BCUT2D eigenvalue weighted by molar-refractivity contribution is 7.93. The van der Waals surface area contributed by atoms with Crippen molar-refractivity contribution in [2.45, 2.75) is 4.90 Å². The number of benzene rings is 2. The molecule has 0 fully saturated rings. The number of rotatable bonds is 3. The molecule has 4 rings (SSSR count). The van der Waals surface area contributed by atoms with E-state index in [2.05, 4.69) is 5.10 Å². The number of carboxylic acids is 1. The predicted molar refractivity (Wildman–Crippen MR) is 98.2 cm³/mol. The van der Waals surface area contributed by atoms with Gasteiger partial charge in [-0.2, -0.15) is 5.10 Å². The third-order valence-corrected chi connectivity index (χ3v) is 6.26. The van der Waals surface area contributed by atoms with Crippen LogP contribution < -0.4 is 4.31 Å². The summed E-state index contributed by atoms with van der Waals surface area (Å²) in [6.45, 7) is 0. The second-order valence-electron chi connectivity index (χ2n) is 6.01. The first-order valence-corrected chi connectivity index (χ1v) is 9.37. The summed E-state index contributed by atoms with van der Waals surface area (Å²) in [5, 5.41) is 24.8. The molecule has 1 N–H and O–H groups in total. The molecule has 0 spiro atoms. The van der Waals surface area contributed by atoms with Gasteiger partial charge >= 0.3 is 5.97 Å². The zero-order chi connectivity index (χ0) is 20.2. The van der Waals surface area contributed by atoms with Crippen LogP contribution >= 0.6 is 0 Å². The fourth-order valence-electron chi connectivity index (χ4n) is 3.17. The van der Waals surface area contributed by atoms with Crippen molar-refractivity contribution in [1.82, 2.24) is 9.78 Å². The molecular weight excluding hydrogens is 388 g/mol. The van der Waals surface area contributed by atoms with Crippen LogP contribution in [0.15, 0.2) is 53.4 Å². The van der Waals surface area contributed by atoms with Crippen molar-refractivity contribution in [1.29, 1.82) is 0 Å². The van der Waals surface area contributed by atoms with Crippen LogP contribution in [0.3, 0.4) is 0 Å². The Hall–Kier alpha value is -3.73. The number of sulfonamides is 1. The number of nitro benzene ring substituents is 1. The molecule has 1 aliphatic rings. The number of hydrogen-bond acceptors (Lipinski definition) is 6. The second-order valence-corrected chi connectivity index (χ2v) is 7.95. The summed E-state index contributed by atoms with van der Waals surface area (Å²) >= 11 is 0. The van der Waals surface area contributed by atoms with Gasteiger partial charge in [-0.3, -0.25) is 14.4 Å². The molecule has 2 aromatic carbocycles. The van der Waals surface area contributed by atoms with Gasteiger partial charge in [-0.1, -0.05) is 24.3 Å². The smallest absolute Gasteiger partial charge is 0.358 e. The van der Waals surface area contributed by atoms with E-state index in [0.717, 1.165) is 4.31 Å². The van der Waals surface area contributed by atoms with E-state index in [1.165, 1.54) is 42.1 Å². The van der Waals surface area contributed by atoms with Crippen LogP contribution in [0.1, 0.15) is 10.5 Å². The summed E-state index contributed by atoms with van der Waals surface area (Å²) in [5.41, 5.74) is -0.0446. The molecule has 0 saturated heterocycles. The number of fused-ring (bicyclic) bond motifs is 3. The van der Waals surface area contributed by atoms with E-state index in [9.17, 15) is 28.4 Å². The van der Waals surface area contributed by atoms with Crippen molar-refractivity contribution >= 4 is 27.4 Å². The van der Waals surface area contributed by atoms with Crippen LogP contribution in [0.25, 0.3) is 16.9 Å². The van der Waals surface area contributed by atoms with Gasteiger partial charge in [-0.25, -0.2) is 17.9 Å². The zero-order valence-corrected chi connectivity index (χ0v) is 15.1. The number of aromatic nitrogens is 2. The van der Waals surface area contributed by atoms with Gasteiger partial charge in [0, 0.05) is 24.7 Å². The van der Waals surface area contributed by atoms with E-state index in [1.54, 1.807) is 18.2 Å². The number of carboxylic acid groups (broad SMARTS) is 1. The van der Waals surface area contributed by atoms with E-state index in [1.807, 2.05) is 0 Å². The highest BCUT2D eigenvalue weighted by atomic mass is 32.2. The Morgan fingerprint density at radius 2 is 1.89 bits per heavy atom. The number of anilines is 1. The number of aromatic carboxylic acids is 1.